The third-order valence-electron chi connectivity index (χ3n) is 3.35. The van der Waals surface area contributed by atoms with E-state index in [0.717, 1.165) is 0 Å². The highest BCUT2D eigenvalue weighted by atomic mass is 16.6. The molecule has 1 aliphatic heterocycles. The number of ether oxygens (including phenoxy) is 2. The van der Waals surface area contributed by atoms with Crippen LogP contribution in [0.15, 0.2) is 24.3 Å². The van der Waals surface area contributed by atoms with E-state index in [2.05, 4.69) is 6.58 Å². The highest BCUT2D eigenvalue weighted by molar-refractivity contribution is 5.89. The van der Waals surface area contributed by atoms with Crippen molar-refractivity contribution in [3.05, 3.63) is 24.3 Å². The van der Waals surface area contributed by atoms with Crippen molar-refractivity contribution >= 4 is 12.1 Å². The number of esters is 1. The Kier molecular flexibility index (Phi) is 6.21. The van der Waals surface area contributed by atoms with E-state index in [1.807, 2.05) is 34.6 Å². The molecule has 1 atom stereocenters. The van der Waals surface area contributed by atoms with Gasteiger partial charge in [0.1, 0.15) is 12.2 Å². The molecule has 1 heterocycles. The minimum absolute atomic E-state index is 0.0789. The number of carbonyl (C=O) groups excluding carboxylic acids is 2. The van der Waals surface area contributed by atoms with E-state index in [4.69, 9.17) is 9.47 Å². The van der Waals surface area contributed by atoms with Gasteiger partial charge in [-0.3, -0.25) is 0 Å². The van der Waals surface area contributed by atoms with Crippen molar-refractivity contribution in [1.82, 2.24) is 4.90 Å². The van der Waals surface area contributed by atoms with E-state index in [1.165, 1.54) is 6.08 Å². The lowest BCUT2D eigenvalue weighted by atomic mass is 9.91. The van der Waals surface area contributed by atoms with Gasteiger partial charge >= 0.3 is 12.1 Å². The average molecular weight is 309 g/mol. The van der Waals surface area contributed by atoms with Crippen LogP contribution in [0.5, 0.6) is 0 Å². The molecule has 0 spiro atoms. The van der Waals surface area contributed by atoms with Crippen LogP contribution in [0.3, 0.4) is 0 Å². The molecule has 1 amide bonds. The molecule has 0 fully saturated rings. The molecule has 5 heteroatoms. The summed E-state index contributed by atoms with van der Waals surface area (Å²) in [6.45, 7) is 13.6. The Morgan fingerprint density at radius 3 is 2.59 bits per heavy atom. The van der Waals surface area contributed by atoms with E-state index < -0.39 is 5.60 Å². The number of hydrogen-bond acceptors (Lipinski definition) is 4. The van der Waals surface area contributed by atoms with Crippen LogP contribution in [-0.2, 0) is 14.3 Å². The second kappa shape index (κ2) is 7.47. The summed E-state index contributed by atoms with van der Waals surface area (Å²) in [6.07, 6.45) is 3.39. The molecular formula is C17H27NO4. The molecule has 0 aromatic heterocycles. The summed E-state index contributed by atoms with van der Waals surface area (Å²) < 4.78 is 10.5. The van der Waals surface area contributed by atoms with Crippen LogP contribution < -0.4 is 0 Å². The zero-order valence-electron chi connectivity index (χ0n) is 14.2. The molecule has 1 rings (SSSR count). The molecule has 0 radical (unpaired) electrons. The Labute approximate surface area is 133 Å². The van der Waals surface area contributed by atoms with E-state index in [-0.39, 0.29) is 30.6 Å². The number of carbonyl (C=O) groups is 2. The molecule has 0 saturated carbocycles. The quantitative estimate of drug-likeness (QED) is 0.590. The van der Waals surface area contributed by atoms with Crippen LogP contribution in [0.2, 0.25) is 0 Å². The van der Waals surface area contributed by atoms with Crippen molar-refractivity contribution < 1.29 is 19.1 Å². The number of hydrogen-bond donors (Lipinski definition) is 0. The highest BCUT2D eigenvalue weighted by Gasteiger charge is 2.33. The Hall–Kier alpha value is -1.78. The smallest absolute Gasteiger partial charge is 0.410 e. The third-order valence-corrected chi connectivity index (χ3v) is 3.35. The lowest BCUT2D eigenvalue weighted by Crippen LogP contribution is -2.47. The van der Waals surface area contributed by atoms with Gasteiger partial charge in [-0.15, -0.1) is 0 Å². The molecule has 0 aromatic carbocycles. The van der Waals surface area contributed by atoms with Gasteiger partial charge in [0.15, 0.2) is 0 Å². The van der Waals surface area contributed by atoms with Crippen molar-refractivity contribution in [2.45, 2.75) is 52.7 Å². The van der Waals surface area contributed by atoms with E-state index >= 15 is 0 Å². The van der Waals surface area contributed by atoms with Crippen molar-refractivity contribution in [2.24, 2.45) is 5.92 Å². The molecule has 0 N–H and O–H groups in total. The van der Waals surface area contributed by atoms with Gasteiger partial charge in [0.05, 0.1) is 0 Å². The van der Waals surface area contributed by atoms with Gasteiger partial charge in [-0.2, -0.15) is 0 Å². The predicted molar refractivity (Wildman–Crippen MR) is 85.4 cm³/mol. The van der Waals surface area contributed by atoms with Gasteiger partial charge < -0.3 is 14.4 Å². The lowest BCUT2D eigenvalue weighted by molar-refractivity contribution is -0.150. The first-order valence-electron chi connectivity index (χ1n) is 7.62. The molecule has 124 valence electrons. The van der Waals surface area contributed by atoms with Gasteiger partial charge in [-0.1, -0.05) is 32.6 Å². The zero-order valence-corrected chi connectivity index (χ0v) is 14.2. The summed E-state index contributed by atoms with van der Waals surface area (Å²) in [6, 6.07) is -0.0789. The number of rotatable bonds is 4. The zero-order chi connectivity index (χ0) is 16.9. The van der Waals surface area contributed by atoms with E-state index in [1.54, 1.807) is 11.0 Å². The summed E-state index contributed by atoms with van der Waals surface area (Å²) in [5.74, 6) is -0.0975. The first-order valence-corrected chi connectivity index (χ1v) is 7.62. The predicted octanol–water partition coefficient (Wildman–Crippen LogP) is 3.31. The SMILES string of the molecule is C=CCOC(=O)N1CC=C(C(=O)OC(C)(C)C)C[C@H]1C(C)C. The Balaban J connectivity index is 2.84. The highest BCUT2D eigenvalue weighted by Crippen LogP contribution is 2.26. The Bertz CT molecular complexity index is 460. The fourth-order valence-electron chi connectivity index (χ4n) is 2.29. The molecule has 22 heavy (non-hydrogen) atoms. The monoisotopic (exact) mass is 309 g/mol. The maximum absolute atomic E-state index is 12.2. The molecule has 0 aliphatic carbocycles. The van der Waals surface area contributed by atoms with Gasteiger partial charge in [-0.25, -0.2) is 9.59 Å². The first-order chi connectivity index (χ1) is 10.2. The molecule has 0 unspecified atom stereocenters. The van der Waals surface area contributed by atoms with Crippen LogP contribution in [0.25, 0.3) is 0 Å². The van der Waals surface area contributed by atoms with Crippen LogP contribution in [-0.4, -0.2) is 41.8 Å². The van der Waals surface area contributed by atoms with Gasteiger partial charge in [0.25, 0.3) is 0 Å². The van der Waals surface area contributed by atoms with Crippen molar-refractivity contribution in [2.75, 3.05) is 13.2 Å². The topological polar surface area (TPSA) is 55.8 Å². The Morgan fingerprint density at radius 2 is 2.09 bits per heavy atom. The average Bonchev–Trinajstić information content (AvgIpc) is 2.42. The van der Waals surface area contributed by atoms with Crippen molar-refractivity contribution in [3.8, 4) is 0 Å². The normalized spacial score (nSPS) is 18.7. The van der Waals surface area contributed by atoms with Crippen molar-refractivity contribution in [1.29, 1.82) is 0 Å². The Morgan fingerprint density at radius 1 is 1.45 bits per heavy atom. The summed E-state index contributed by atoms with van der Waals surface area (Å²) in [5.41, 5.74) is 0.104. The summed E-state index contributed by atoms with van der Waals surface area (Å²) >= 11 is 0. The van der Waals surface area contributed by atoms with Gasteiger partial charge in [0.2, 0.25) is 0 Å². The van der Waals surface area contributed by atoms with Crippen molar-refractivity contribution in [3.63, 3.8) is 0 Å². The molecular weight excluding hydrogens is 282 g/mol. The van der Waals surface area contributed by atoms with E-state index in [0.29, 0.717) is 18.5 Å². The fraction of sp³-hybridized carbons (Fsp3) is 0.647. The minimum atomic E-state index is -0.523. The van der Waals surface area contributed by atoms with E-state index in [9.17, 15) is 9.59 Å². The second-order valence-corrected chi connectivity index (χ2v) is 6.76. The first kappa shape index (κ1) is 18.3. The molecule has 0 aromatic rings. The summed E-state index contributed by atoms with van der Waals surface area (Å²) in [5, 5.41) is 0. The largest absolute Gasteiger partial charge is 0.457 e. The number of amides is 1. The van der Waals surface area contributed by atoms with Gasteiger partial charge in [0, 0.05) is 24.6 Å². The molecule has 5 nitrogen and oxygen atoms in total. The fourth-order valence-corrected chi connectivity index (χ4v) is 2.29. The van der Waals surface area contributed by atoms with Crippen LogP contribution >= 0.6 is 0 Å². The van der Waals surface area contributed by atoms with Gasteiger partial charge in [-0.05, 0) is 26.7 Å². The summed E-state index contributed by atoms with van der Waals surface area (Å²) in [7, 11) is 0. The molecule has 0 saturated heterocycles. The van der Waals surface area contributed by atoms with Crippen LogP contribution in [0, 0.1) is 5.92 Å². The lowest BCUT2D eigenvalue weighted by Gasteiger charge is -2.36. The summed E-state index contributed by atoms with van der Waals surface area (Å²) in [4.78, 5) is 25.9. The standard InChI is InChI=1S/C17H27NO4/c1-7-10-21-16(20)18-9-8-13(11-14(18)12(2)3)15(19)22-17(4,5)6/h7-8,12,14H,1,9-11H2,2-6H3/t14-/m0/s1. The maximum atomic E-state index is 12.2. The van der Waals surface area contributed by atoms with Crippen LogP contribution in [0.4, 0.5) is 4.79 Å². The maximum Gasteiger partial charge on any atom is 0.410 e. The minimum Gasteiger partial charge on any atom is -0.457 e. The van der Waals surface area contributed by atoms with Crippen LogP contribution in [0.1, 0.15) is 41.0 Å². The number of nitrogens with zero attached hydrogens (tertiary/aromatic N) is 1. The molecule has 1 aliphatic rings. The molecule has 0 bridgehead atoms. The third kappa shape index (κ3) is 5.20. The second-order valence-electron chi connectivity index (χ2n) is 6.76.